The van der Waals surface area contributed by atoms with E-state index in [2.05, 4.69) is 19.9 Å². The van der Waals surface area contributed by atoms with E-state index in [9.17, 15) is 4.79 Å². The summed E-state index contributed by atoms with van der Waals surface area (Å²) in [6.45, 7) is 4.59. The number of carbonyl (C=O) groups is 1. The molecule has 2 aromatic rings. The van der Waals surface area contributed by atoms with E-state index in [1.807, 2.05) is 78.1 Å². The first-order valence-corrected chi connectivity index (χ1v) is 12.0. The van der Waals surface area contributed by atoms with Crippen molar-refractivity contribution >= 4 is 29.5 Å². The van der Waals surface area contributed by atoms with E-state index in [4.69, 9.17) is 9.47 Å². The van der Waals surface area contributed by atoms with Crippen molar-refractivity contribution in [3.8, 4) is 11.5 Å². The van der Waals surface area contributed by atoms with Crippen LogP contribution in [-0.4, -0.2) is 17.5 Å². The van der Waals surface area contributed by atoms with Crippen molar-refractivity contribution in [2.24, 2.45) is 17.3 Å². The van der Waals surface area contributed by atoms with Crippen LogP contribution < -0.4 is 4.74 Å². The molecule has 0 N–H and O–H groups in total. The first-order chi connectivity index (χ1) is 14.0. The SMILES string of the molecule is CC1(C)C(C=C2SCCCS2)C1C(=O)OCc1cccc(Oc2ccccc2)c1. The summed E-state index contributed by atoms with van der Waals surface area (Å²) >= 11 is 3.83. The molecule has 4 rings (SSSR count). The maximum atomic E-state index is 12.7. The van der Waals surface area contributed by atoms with Gasteiger partial charge in [-0.15, -0.1) is 23.5 Å². The van der Waals surface area contributed by atoms with Crippen molar-refractivity contribution in [2.75, 3.05) is 11.5 Å². The lowest BCUT2D eigenvalue weighted by Crippen LogP contribution is -2.10. The van der Waals surface area contributed by atoms with Crippen LogP contribution in [0.4, 0.5) is 0 Å². The highest BCUT2D eigenvalue weighted by Crippen LogP contribution is 2.61. The summed E-state index contributed by atoms with van der Waals surface area (Å²) in [6, 6.07) is 17.4. The second kappa shape index (κ2) is 8.88. The highest BCUT2D eigenvalue weighted by molar-refractivity contribution is 8.22. The summed E-state index contributed by atoms with van der Waals surface area (Å²) in [5, 5.41) is 0. The Kier molecular flexibility index (Phi) is 6.26. The van der Waals surface area contributed by atoms with E-state index in [-0.39, 0.29) is 29.8 Å². The largest absolute Gasteiger partial charge is 0.461 e. The van der Waals surface area contributed by atoms with Crippen LogP contribution in [0.25, 0.3) is 0 Å². The van der Waals surface area contributed by atoms with Crippen molar-refractivity contribution in [3.63, 3.8) is 0 Å². The van der Waals surface area contributed by atoms with E-state index in [0.29, 0.717) is 0 Å². The zero-order valence-corrected chi connectivity index (χ0v) is 18.4. The molecule has 1 aliphatic heterocycles. The molecule has 152 valence electrons. The lowest BCUT2D eigenvalue weighted by Gasteiger charge is -2.12. The lowest BCUT2D eigenvalue weighted by atomic mass is 10.1. The van der Waals surface area contributed by atoms with Gasteiger partial charge in [-0.1, -0.05) is 50.3 Å². The van der Waals surface area contributed by atoms with Crippen molar-refractivity contribution in [1.29, 1.82) is 0 Å². The number of ether oxygens (including phenoxy) is 2. The Morgan fingerprint density at radius 3 is 2.55 bits per heavy atom. The zero-order valence-electron chi connectivity index (χ0n) is 16.8. The topological polar surface area (TPSA) is 35.5 Å². The zero-order chi connectivity index (χ0) is 20.3. The molecule has 1 aliphatic carbocycles. The molecule has 5 heteroatoms. The average Bonchev–Trinajstić information content (AvgIpc) is 3.28. The average molecular weight is 427 g/mol. The van der Waals surface area contributed by atoms with Gasteiger partial charge < -0.3 is 9.47 Å². The highest BCUT2D eigenvalue weighted by atomic mass is 32.2. The highest BCUT2D eigenvalue weighted by Gasteiger charge is 2.61. The van der Waals surface area contributed by atoms with Crippen molar-refractivity contribution < 1.29 is 14.3 Å². The summed E-state index contributed by atoms with van der Waals surface area (Å²) in [5.74, 6) is 4.02. The molecule has 0 aromatic heterocycles. The van der Waals surface area contributed by atoms with Gasteiger partial charge in [0.25, 0.3) is 0 Å². The fraction of sp³-hybridized carbons (Fsp3) is 0.375. The second-order valence-electron chi connectivity index (χ2n) is 8.03. The van der Waals surface area contributed by atoms with Gasteiger partial charge in [-0.3, -0.25) is 4.79 Å². The van der Waals surface area contributed by atoms with Gasteiger partial charge in [-0.05, 0) is 59.1 Å². The quantitative estimate of drug-likeness (QED) is 0.492. The van der Waals surface area contributed by atoms with Crippen LogP contribution in [0.15, 0.2) is 64.9 Å². The van der Waals surface area contributed by atoms with Gasteiger partial charge >= 0.3 is 5.97 Å². The number of hydrogen-bond acceptors (Lipinski definition) is 5. The van der Waals surface area contributed by atoms with E-state index in [0.717, 1.165) is 17.1 Å². The first kappa shape index (κ1) is 20.4. The molecular formula is C24H26O3S2. The van der Waals surface area contributed by atoms with Crippen molar-refractivity contribution in [2.45, 2.75) is 26.9 Å². The van der Waals surface area contributed by atoms with Gasteiger partial charge in [0, 0.05) is 4.24 Å². The van der Waals surface area contributed by atoms with Crippen LogP contribution in [0.3, 0.4) is 0 Å². The van der Waals surface area contributed by atoms with Crippen molar-refractivity contribution in [1.82, 2.24) is 0 Å². The Bertz CT molecular complexity index is 884. The van der Waals surface area contributed by atoms with Crippen LogP contribution in [0, 0.1) is 17.3 Å². The number of thioether (sulfide) groups is 2. The van der Waals surface area contributed by atoms with Gasteiger partial charge in [-0.25, -0.2) is 0 Å². The Labute approximate surface area is 181 Å². The number of hydrogen-bond donors (Lipinski definition) is 0. The molecule has 2 aromatic carbocycles. The number of allylic oxidation sites excluding steroid dienone is 1. The Morgan fingerprint density at radius 2 is 1.79 bits per heavy atom. The van der Waals surface area contributed by atoms with Gasteiger partial charge in [0.05, 0.1) is 5.92 Å². The van der Waals surface area contributed by atoms with E-state index >= 15 is 0 Å². The normalized spacial score (nSPS) is 22.6. The van der Waals surface area contributed by atoms with Crippen LogP contribution in [0.2, 0.25) is 0 Å². The third-order valence-corrected chi connectivity index (χ3v) is 8.05. The van der Waals surface area contributed by atoms with Gasteiger partial charge in [0.15, 0.2) is 0 Å². The second-order valence-corrected chi connectivity index (χ2v) is 10.6. The predicted octanol–water partition coefficient (Wildman–Crippen LogP) is 6.51. The lowest BCUT2D eigenvalue weighted by molar-refractivity contribution is -0.147. The molecule has 1 saturated carbocycles. The Morgan fingerprint density at radius 1 is 1.07 bits per heavy atom. The Hall–Kier alpha value is -1.85. The maximum Gasteiger partial charge on any atom is 0.310 e. The summed E-state index contributed by atoms with van der Waals surface area (Å²) in [7, 11) is 0. The van der Waals surface area contributed by atoms with Gasteiger partial charge in [-0.2, -0.15) is 0 Å². The number of carbonyl (C=O) groups excluding carboxylic acids is 1. The molecule has 0 amide bonds. The molecule has 0 spiro atoms. The number of rotatable bonds is 6. The molecular weight excluding hydrogens is 400 g/mol. The minimum atomic E-state index is -0.1000. The summed E-state index contributed by atoms with van der Waals surface area (Å²) in [4.78, 5) is 12.7. The predicted molar refractivity (Wildman–Crippen MR) is 121 cm³/mol. The monoisotopic (exact) mass is 426 g/mol. The summed E-state index contributed by atoms with van der Waals surface area (Å²) in [6.07, 6.45) is 3.56. The van der Waals surface area contributed by atoms with Gasteiger partial charge in [0.2, 0.25) is 0 Å². The van der Waals surface area contributed by atoms with Crippen LogP contribution in [0.1, 0.15) is 25.8 Å². The number of para-hydroxylation sites is 1. The Balaban J connectivity index is 1.34. The molecule has 2 fully saturated rings. The molecule has 29 heavy (non-hydrogen) atoms. The molecule has 1 heterocycles. The third kappa shape index (κ3) is 5.01. The summed E-state index contributed by atoms with van der Waals surface area (Å²) in [5.41, 5.74) is 0.902. The number of esters is 1. The van der Waals surface area contributed by atoms with Crippen LogP contribution in [0.5, 0.6) is 11.5 Å². The van der Waals surface area contributed by atoms with Crippen molar-refractivity contribution in [3.05, 3.63) is 70.5 Å². The van der Waals surface area contributed by atoms with E-state index in [1.165, 1.54) is 22.2 Å². The molecule has 2 atom stereocenters. The minimum absolute atomic E-state index is 0.0269. The summed E-state index contributed by atoms with van der Waals surface area (Å²) < 4.78 is 12.9. The van der Waals surface area contributed by atoms with Crippen LogP contribution in [-0.2, 0) is 16.1 Å². The first-order valence-electron chi connectivity index (χ1n) is 10.00. The number of benzene rings is 2. The smallest absolute Gasteiger partial charge is 0.310 e. The standard InChI is InChI=1S/C24H26O3S2/c1-24(2)20(15-21-28-12-7-13-29-21)22(24)23(25)26-16-17-8-6-11-19(14-17)27-18-9-4-3-5-10-18/h3-6,8-11,14-15,20,22H,7,12-13,16H2,1-2H3. The maximum absolute atomic E-state index is 12.7. The third-order valence-electron chi connectivity index (χ3n) is 5.52. The molecule has 2 unspecified atom stereocenters. The van der Waals surface area contributed by atoms with E-state index < -0.39 is 0 Å². The molecule has 0 bridgehead atoms. The fourth-order valence-electron chi connectivity index (χ4n) is 3.70. The molecule has 1 saturated heterocycles. The fourth-order valence-corrected chi connectivity index (χ4v) is 6.18. The van der Waals surface area contributed by atoms with Gasteiger partial charge in [0.1, 0.15) is 18.1 Å². The molecule has 0 radical (unpaired) electrons. The molecule has 3 nitrogen and oxygen atoms in total. The minimum Gasteiger partial charge on any atom is -0.461 e. The van der Waals surface area contributed by atoms with E-state index in [1.54, 1.807) is 0 Å². The van der Waals surface area contributed by atoms with Crippen LogP contribution >= 0.6 is 23.5 Å². The molecule has 2 aliphatic rings.